The van der Waals surface area contributed by atoms with Crippen molar-refractivity contribution in [1.82, 2.24) is 9.97 Å². The molecule has 0 saturated heterocycles. The van der Waals surface area contributed by atoms with Gasteiger partial charge >= 0.3 is 0 Å². The lowest BCUT2D eigenvalue weighted by Crippen LogP contribution is -2.26. The smallest absolute Gasteiger partial charge is 0.137 e. The van der Waals surface area contributed by atoms with Crippen molar-refractivity contribution in [1.29, 1.82) is 0 Å². The van der Waals surface area contributed by atoms with E-state index in [2.05, 4.69) is 47.9 Å². The minimum absolute atomic E-state index is 0.892. The first-order valence-electron chi connectivity index (χ1n) is 6.61. The lowest BCUT2D eigenvalue weighted by atomic mass is 10.2. The van der Waals surface area contributed by atoms with Gasteiger partial charge in [-0.1, -0.05) is 13.8 Å². The van der Waals surface area contributed by atoms with Gasteiger partial charge in [0.25, 0.3) is 0 Å². The Balaban J connectivity index is 3.08. The molecule has 0 aromatic carbocycles. The van der Waals surface area contributed by atoms with E-state index in [4.69, 9.17) is 0 Å². The van der Waals surface area contributed by atoms with Gasteiger partial charge in [-0.3, -0.25) is 0 Å². The molecule has 0 aliphatic carbocycles. The summed E-state index contributed by atoms with van der Waals surface area (Å²) in [6, 6.07) is 0. The van der Waals surface area contributed by atoms with Crippen LogP contribution in [0.15, 0.2) is 6.33 Å². The van der Waals surface area contributed by atoms with Crippen molar-refractivity contribution in [2.75, 3.05) is 29.9 Å². The van der Waals surface area contributed by atoms with Crippen molar-refractivity contribution in [3.05, 3.63) is 11.9 Å². The fourth-order valence-electron chi connectivity index (χ4n) is 2.00. The first-order chi connectivity index (χ1) is 8.28. The Morgan fingerprint density at radius 2 is 1.94 bits per heavy atom. The molecule has 0 fully saturated rings. The highest BCUT2D eigenvalue weighted by atomic mass is 15.2. The van der Waals surface area contributed by atoms with Crippen molar-refractivity contribution in [3.63, 3.8) is 0 Å². The van der Waals surface area contributed by atoms with Crippen LogP contribution in [0.1, 0.15) is 39.7 Å². The van der Waals surface area contributed by atoms with Crippen molar-refractivity contribution in [2.45, 2.75) is 40.5 Å². The van der Waals surface area contributed by atoms with Gasteiger partial charge in [-0.05, 0) is 26.7 Å². The van der Waals surface area contributed by atoms with E-state index in [0.29, 0.717) is 0 Å². The molecule has 0 aliphatic heterocycles. The zero-order valence-corrected chi connectivity index (χ0v) is 11.5. The van der Waals surface area contributed by atoms with Crippen molar-refractivity contribution in [2.24, 2.45) is 0 Å². The number of rotatable bonds is 7. The van der Waals surface area contributed by atoms with Gasteiger partial charge in [0.1, 0.15) is 18.0 Å². The number of nitrogens with one attached hydrogen (secondary N) is 1. The standard InChI is InChI=1S/C13H24N4/c1-5-9-17(8-4)13-11(6-2)12(14-7-3)15-10-16-13/h10H,5-9H2,1-4H3,(H,14,15,16). The molecule has 0 spiro atoms. The topological polar surface area (TPSA) is 41.1 Å². The molecule has 4 nitrogen and oxygen atoms in total. The molecular formula is C13H24N4. The number of aromatic nitrogens is 2. The van der Waals surface area contributed by atoms with Gasteiger partial charge in [0, 0.05) is 25.2 Å². The maximum Gasteiger partial charge on any atom is 0.137 e. The molecule has 0 aliphatic rings. The van der Waals surface area contributed by atoms with E-state index in [1.165, 1.54) is 5.56 Å². The van der Waals surface area contributed by atoms with Gasteiger partial charge in [-0.15, -0.1) is 0 Å². The van der Waals surface area contributed by atoms with Gasteiger partial charge in [0.15, 0.2) is 0 Å². The molecule has 0 atom stereocenters. The van der Waals surface area contributed by atoms with Crippen molar-refractivity contribution < 1.29 is 0 Å². The number of hydrogen-bond donors (Lipinski definition) is 1. The molecule has 96 valence electrons. The highest BCUT2D eigenvalue weighted by molar-refractivity contribution is 5.58. The second kappa shape index (κ2) is 7.09. The lowest BCUT2D eigenvalue weighted by molar-refractivity contribution is 0.768. The van der Waals surface area contributed by atoms with Crippen LogP contribution < -0.4 is 10.2 Å². The molecule has 0 radical (unpaired) electrons. The highest BCUT2D eigenvalue weighted by Gasteiger charge is 2.13. The zero-order valence-electron chi connectivity index (χ0n) is 11.5. The summed E-state index contributed by atoms with van der Waals surface area (Å²) >= 11 is 0. The van der Waals surface area contributed by atoms with Crippen LogP contribution in [0.25, 0.3) is 0 Å². The summed E-state index contributed by atoms with van der Waals surface area (Å²) in [5.41, 5.74) is 1.23. The van der Waals surface area contributed by atoms with E-state index in [1.54, 1.807) is 6.33 Å². The van der Waals surface area contributed by atoms with Crippen LogP contribution in [0.5, 0.6) is 0 Å². The second-order valence-electron chi connectivity index (χ2n) is 3.99. The van der Waals surface area contributed by atoms with Gasteiger partial charge < -0.3 is 10.2 Å². The van der Waals surface area contributed by atoms with Crippen LogP contribution >= 0.6 is 0 Å². The van der Waals surface area contributed by atoms with Crippen LogP contribution in [0.2, 0.25) is 0 Å². The fraction of sp³-hybridized carbons (Fsp3) is 0.692. The maximum absolute atomic E-state index is 4.46. The lowest BCUT2D eigenvalue weighted by Gasteiger charge is -2.24. The predicted molar refractivity (Wildman–Crippen MR) is 73.8 cm³/mol. The van der Waals surface area contributed by atoms with E-state index in [9.17, 15) is 0 Å². The van der Waals surface area contributed by atoms with E-state index in [1.807, 2.05) is 0 Å². The quantitative estimate of drug-likeness (QED) is 0.790. The summed E-state index contributed by atoms with van der Waals surface area (Å²) in [7, 11) is 0. The molecular weight excluding hydrogens is 212 g/mol. The molecule has 1 heterocycles. The molecule has 0 saturated carbocycles. The summed E-state index contributed by atoms with van der Waals surface area (Å²) in [6.45, 7) is 11.5. The first kappa shape index (κ1) is 13.7. The molecule has 17 heavy (non-hydrogen) atoms. The summed E-state index contributed by atoms with van der Waals surface area (Å²) in [6.07, 6.45) is 3.75. The van der Waals surface area contributed by atoms with E-state index < -0.39 is 0 Å². The Morgan fingerprint density at radius 1 is 1.18 bits per heavy atom. The Labute approximate surface area is 104 Å². The first-order valence-corrected chi connectivity index (χ1v) is 6.61. The Hall–Kier alpha value is -1.32. The van der Waals surface area contributed by atoms with E-state index in [-0.39, 0.29) is 0 Å². The molecule has 1 aromatic heterocycles. The van der Waals surface area contributed by atoms with Gasteiger partial charge in [0.05, 0.1) is 0 Å². The van der Waals surface area contributed by atoms with Crippen molar-refractivity contribution in [3.8, 4) is 0 Å². The van der Waals surface area contributed by atoms with Crippen LogP contribution in [-0.2, 0) is 6.42 Å². The summed E-state index contributed by atoms with van der Waals surface area (Å²) in [4.78, 5) is 11.1. The molecule has 1 aromatic rings. The van der Waals surface area contributed by atoms with Gasteiger partial charge in [0.2, 0.25) is 0 Å². The van der Waals surface area contributed by atoms with Gasteiger partial charge in [-0.25, -0.2) is 9.97 Å². The molecule has 1 rings (SSSR count). The largest absolute Gasteiger partial charge is 0.370 e. The summed E-state index contributed by atoms with van der Waals surface area (Å²) < 4.78 is 0. The minimum atomic E-state index is 0.892. The number of anilines is 2. The third-order valence-electron chi connectivity index (χ3n) is 2.80. The van der Waals surface area contributed by atoms with Crippen LogP contribution in [-0.4, -0.2) is 29.6 Å². The Bertz CT molecular complexity index is 338. The van der Waals surface area contributed by atoms with E-state index >= 15 is 0 Å². The van der Waals surface area contributed by atoms with E-state index in [0.717, 1.165) is 44.1 Å². The number of nitrogens with zero attached hydrogens (tertiary/aromatic N) is 3. The fourth-order valence-corrected chi connectivity index (χ4v) is 2.00. The predicted octanol–water partition coefficient (Wildman–Crippen LogP) is 2.71. The Morgan fingerprint density at radius 3 is 2.47 bits per heavy atom. The highest BCUT2D eigenvalue weighted by Crippen LogP contribution is 2.23. The monoisotopic (exact) mass is 236 g/mol. The molecule has 1 N–H and O–H groups in total. The van der Waals surface area contributed by atoms with Crippen LogP contribution in [0.3, 0.4) is 0 Å². The average molecular weight is 236 g/mol. The second-order valence-corrected chi connectivity index (χ2v) is 3.99. The minimum Gasteiger partial charge on any atom is -0.370 e. The van der Waals surface area contributed by atoms with Crippen LogP contribution in [0.4, 0.5) is 11.6 Å². The van der Waals surface area contributed by atoms with Gasteiger partial charge in [-0.2, -0.15) is 0 Å². The SMILES string of the molecule is CCCN(CC)c1ncnc(NCC)c1CC. The molecule has 4 heteroatoms. The third kappa shape index (κ3) is 3.32. The zero-order chi connectivity index (χ0) is 12.7. The average Bonchev–Trinajstić information content (AvgIpc) is 2.36. The van der Waals surface area contributed by atoms with Crippen molar-refractivity contribution >= 4 is 11.6 Å². The number of hydrogen-bond acceptors (Lipinski definition) is 4. The maximum atomic E-state index is 4.46. The van der Waals surface area contributed by atoms with Crippen LogP contribution in [0, 0.1) is 0 Å². The third-order valence-corrected chi connectivity index (χ3v) is 2.80. The molecule has 0 bridgehead atoms. The molecule has 0 unspecified atom stereocenters. The summed E-state index contributed by atoms with van der Waals surface area (Å²) in [5, 5.41) is 3.31. The summed E-state index contributed by atoms with van der Waals surface area (Å²) in [5.74, 6) is 2.07. The Kier molecular flexibility index (Phi) is 5.73. The normalized spacial score (nSPS) is 10.4. The molecule has 0 amide bonds.